The summed E-state index contributed by atoms with van der Waals surface area (Å²) in [7, 11) is 0. The Morgan fingerprint density at radius 2 is 2.00 bits per heavy atom. The van der Waals surface area contributed by atoms with E-state index < -0.39 is 0 Å². The average Bonchev–Trinajstić information content (AvgIpc) is 3.18. The average molecular weight is 308 g/mol. The van der Waals surface area contributed by atoms with Crippen LogP contribution >= 0.6 is 0 Å². The normalized spacial score (nSPS) is 18.7. The molecule has 2 amide bonds. The van der Waals surface area contributed by atoms with E-state index in [1.807, 2.05) is 6.07 Å². The minimum absolute atomic E-state index is 0.0346. The van der Waals surface area contributed by atoms with E-state index in [1.165, 1.54) is 22.3 Å². The van der Waals surface area contributed by atoms with Crippen LogP contribution < -0.4 is 5.32 Å². The highest BCUT2D eigenvalue weighted by Crippen LogP contribution is 2.37. The third-order valence-corrected chi connectivity index (χ3v) is 4.89. The topological polar surface area (TPSA) is 52.6 Å². The number of rotatable bonds is 2. The number of fused-ring (bicyclic) bond motifs is 3. The quantitative estimate of drug-likeness (QED) is 0.763. The SMILES string of the molecule is O=C(Nc1ccc2c(c1)Cc1ccccc1-2)N1CCC[C@H]1CO. The number of carbonyl (C=O) groups excluding carboxylic acids is 1. The van der Waals surface area contributed by atoms with E-state index in [0.29, 0.717) is 6.54 Å². The van der Waals surface area contributed by atoms with E-state index in [9.17, 15) is 9.90 Å². The van der Waals surface area contributed by atoms with Crippen molar-refractivity contribution in [1.82, 2.24) is 4.90 Å². The van der Waals surface area contributed by atoms with Crippen LogP contribution in [0.15, 0.2) is 42.5 Å². The fourth-order valence-electron chi connectivity index (χ4n) is 3.71. The smallest absolute Gasteiger partial charge is 0.322 e. The third kappa shape index (κ3) is 2.49. The van der Waals surface area contributed by atoms with Gasteiger partial charge in [-0.05, 0) is 53.6 Å². The molecule has 1 aliphatic heterocycles. The second-order valence-corrected chi connectivity index (χ2v) is 6.31. The molecule has 118 valence electrons. The van der Waals surface area contributed by atoms with Crippen molar-refractivity contribution in [2.45, 2.75) is 25.3 Å². The number of nitrogens with one attached hydrogen (secondary N) is 1. The summed E-state index contributed by atoms with van der Waals surface area (Å²) in [6, 6.07) is 14.4. The molecule has 1 aliphatic carbocycles. The molecule has 0 aromatic heterocycles. The van der Waals surface area contributed by atoms with Gasteiger partial charge < -0.3 is 15.3 Å². The van der Waals surface area contributed by atoms with Crippen LogP contribution in [0.3, 0.4) is 0 Å². The number of urea groups is 1. The van der Waals surface area contributed by atoms with E-state index in [1.54, 1.807) is 4.90 Å². The molecular weight excluding hydrogens is 288 g/mol. The molecule has 0 saturated carbocycles. The summed E-state index contributed by atoms with van der Waals surface area (Å²) in [5.74, 6) is 0. The maximum atomic E-state index is 12.4. The van der Waals surface area contributed by atoms with Crippen molar-refractivity contribution < 1.29 is 9.90 Å². The number of nitrogens with zero attached hydrogens (tertiary/aromatic N) is 1. The van der Waals surface area contributed by atoms with E-state index >= 15 is 0 Å². The van der Waals surface area contributed by atoms with Crippen molar-refractivity contribution in [3.05, 3.63) is 53.6 Å². The van der Waals surface area contributed by atoms with Crippen molar-refractivity contribution in [3.8, 4) is 11.1 Å². The zero-order chi connectivity index (χ0) is 15.8. The van der Waals surface area contributed by atoms with Gasteiger partial charge in [0, 0.05) is 12.2 Å². The zero-order valence-corrected chi connectivity index (χ0v) is 13.0. The standard InChI is InChI=1S/C19H20N2O2/c22-12-16-5-3-9-21(16)19(23)20-15-7-8-18-14(11-15)10-13-4-1-2-6-17(13)18/h1-2,4,6-8,11,16,22H,3,5,9-10,12H2,(H,20,23)/t16-/m0/s1. The first-order valence-electron chi connectivity index (χ1n) is 8.16. The lowest BCUT2D eigenvalue weighted by Gasteiger charge is -2.23. The minimum atomic E-state index is -0.114. The van der Waals surface area contributed by atoms with Crippen LogP contribution in [-0.2, 0) is 6.42 Å². The maximum absolute atomic E-state index is 12.4. The molecule has 4 rings (SSSR count). The lowest BCUT2D eigenvalue weighted by atomic mass is 10.1. The summed E-state index contributed by atoms with van der Waals surface area (Å²) in [5, 5.41) is 12.3. The summed E-state index contributed by atoms with van der Waals surface area (Å²) in [4.78, 5) is 14.1. The lowest BCUT2D eigenvalue weighted by Crippen LogP contribution is -2.40. The molecule has 1 atom stereocenters. The van der Waals surface area contributed by atoms with Crippen molar-refractivity contribution >= 4 is 11.7 Å². The molecule has 0 unspecified atom stereocenters. The Hall–Kier alpha value is -2.33. The molecule has 4 heteroatoms. The van der Waals surface area contributed by atoms with Crippen molar-refractivity contribution in [2.75, 3.05) is 18.5 Å². The van der Waals surface area contributed by atoms with Crippen molar-refractivity contribution in [1.29, 1.82) is 0 Å². The summed E-state index contributed by atoms with van der Waals surface area (Å²) in [6.07, 6.45) is 2.75. The highest BCUT2D eigenvalue weighted by Gasteiger charge is 2.28. The maximum Gasteiger partial charge on any atom is 0.322 e. The monoisotopic (exact) mass is 308 g/mol. The van der Waals surface area contributed by atoms with Gasteiger partial charge in [0.15, 0.2) is 0 Å². The number of hydrogen-bond donors (Lipinski definition) is 2. The molecule has 2 aromatic rings. The molecule has 2 aromatic carbocycles. The van der Waals surface area contributed by atoms with Gasteiger partial charge in [0.1, 0.15) is 0 Å². The number of aliphatic hydroxyl groups is 1. The predicted molar refractivity (Wildman–Crippen MR) is 90.5 cm³/mol. The van der Waals surface area contributed by atoms with Gasteiger partial charge >= 0.3 is 6.03 Å². The van der Waals surface area contributed by atoms with Crippen LogP contribution in [-0.4, -0.2) is 35.2 Å². The van der Waals surface area contributed by atoms with Crippen LogP contribution in [0.25, 0.3) is 11.1 Å². The lowest BCUT2D eigenvalue weighted by molar-refractivity contribution is 0.166. The van der Waals surface area contributed by atoms with Crippen LogP contribution in [0, 0.1) is 0 Å². The Morgan fingerprint density at radius 1 is 1.17 bits per heavy atom. The van der Waals surface area contributed by atoms with E-state index in [-0.39, 0.29) is 18.7 Å². The van der Waals surface area contributed by atoms with Crippen molar-refractivity contribution in [2.24, 2.45) is 0 Å². The number of anilines is 1. The predicted octanol–water partition coefficient (Wildman–Crippen LogP) is 3.25. The second-order valence-electron chi connectivity index (χ2n) is 6.31. The van der Waals surface area contributed by atoms with Crippen LogP contribution in [0.2, 0.25) is 0 Å². The first-order chi connectivity index (χ1) is 11.3. The van der Waals surface area contributed by atoms with E-state index in [2.05, 4.69) is 41.7 Å². The fourth-order valence-corrected chi connectivity index (χ4v) is 3.71. The van der Waals surface area contributed by atoms with E-state index in [4.69, 9.17) is 0 Å². The van der Waals surface area contributed by atoms with Gasteiger partial charge in [-0.1, -0.05) is 30.3 Å². The number of likely N-dealkylation sites (tertiary alicyclic amines) is 1. The largest absolute Gasteiger partial charge is 0.394 e. The Balaban J connectivity index is 1.54. The number of aliphatic hydroxyl groups excluding tert-OH is 1. The highest BCUT2D eigenvalue weighted by molar-refractivity contribution is 5.91. The molecule has 23 heavy (non-hydrogen) atoms. The molecule has 1 heterocycles. The van der Waals surface area contributed by atoms with Crippen molar-refractivity contribution in [3.63, 3.8) is 0 Å². The van der Waals surface area contributed by atoms with Gasteiger partial charge in [0.2, 0.25) is 0 Å². The molecule has 2 N–H and O–H groups in total. The first kappa shape index (κ1) is 14.3. The molecule has 1 fully saturated rings. The van der Waals surface area contributed by atoms with Gasteiger partial charge in [-0.3, -0.25) is 0 Å². The second kappa shape index (κ2) is 5.70. The van der Waals surface area contributed by atoms with E-state index in [0.717, 1.165) is 24.9 Å². The van der Waals surface area contributed by atoms with Crippen LogP contribution in [0.5, 0.6) is 0 Å². The Morgan fingerprint density at radius 3 is 2.87 bits per heavy atom. The van der Waals surface area contributed by atoms with Crippen LogP contribution in [0.1, 0.15) is 24.0 Å². The van der Waals surface area contributed by atoms with Gasteiger partial charge in [-0.25, -0.2) is 4.79 Å². The number of carbonyl (C=O) groups is 1. The highest BCUT2D eigenvalue weighted by atomic mass is 16.3. The van der Waals surface area contributed by atoms with Gasteiger partial charge in [0.25, 0.3) is 0 Å². The van der Waals surface area contributed by atoms with Crippen LogP contribution in [0.4, 0.5) is 10.5 Å². The first-order valence-corrected chi connectivity index (χ1v) is 8.16. The summed E-state index contributed by atoms with van der Waals surface area (Å²) in [5.41, 5.74) is 5.97. The zero-order valence-electron chi connectivity index (χ0n) is 13.0. The third-order valence-electron chi connectivity index (χ3n) is 4.89. The Bertz CT molecular complexity index is 757. The van der Waals surface area contributed by atoms with Gasteiger partial charge in [0.05, 0.1) is 12.6 Å². The van der Waals surface area contributed by atoms with Gasteiger partial charge in [-0.2, -0.15) is 0 Å². The van der Waals surface area contributed by atoms with Gasteiger partial charge in [-0.15, -0.1) is 0 Å². The molecule has 0 radical (unpaired) electrons. The summed E-state index contributed by atoms with van der Waals surface area (Å²) >= 11 is 0. The number of amides is 2. The molecular formula is C19H20N2O2. The number of hydrogen-bond acceptors (Lipinski definition) is 2. The molecule has 0 spiro atoms. The Kier molecular flexibility index (Phi) is 3.54. The summed E-state index contributed by atoms with van der Waals surface area (Å²) < 4.78 is 0. The molecule has 2 aliphatic rings. The summed E-state index contributed by atoms with van der Waals surface area (Å²) in [6.45, 7) is 0.750. The molecule has 1 saturated heterocycles. The molecule has 4 nitrogen and oxygen atoms in total. The minimum Gasteiger partial charge on any atom is -0.394 e. The molecule has 0 bridgehead atoms. The number of benzene rings is 2. The Labute approximate surface area is 135 Å². The fraction of sp³-hybridized carbons (Fsp3) is 0.316.